The lowest BCUT2D eigenvalue weighted by Crippen LogP contribution is -2.13. The Morgan fingerprint density at radius 2 is 1.74 bits per heavy atom. The van der Waals surface area contributed by atoms with Gasteiger partial charge in [0, 0.05) is 12.2 Å². The first kappa shape index (κ1) is 13.4. The van der Waals surface area contributed by atoms with Crippen LogP contribution in [0, 0.1) is 13.8 Å². The minimum Gasteiger partial charge on any atom is -0.354 e. The van der Waals surface area contributed by atoms with Crippen LogP contribution in [-0.2, 0) is 0 Å². The second kappa shape index (κ2) is 5.74. The molecule has 0 unspecified atom stereocenters. The Morgan fingerprint density at radius 3 is 2.37 bits per heavy atom. The molecule has 19 heavy (non-hydrogen) atoms. The largest absolute Gasteiger partial charge is 0.354 e. The number of rotatable bonds is 4. The van der Waals surface area contributed by atoms with Crippen LogP contribution in [0.2, 0.25) is 0 Å². The average molecular weight is 258 g/mol. The van der Waals surface area contributed by atoms with Gasteiger partial charge in [-0.1, -0.05) is 28.7 Å². The molecule has 0 heterocycles. The lowest BCUT2D eigenvalue weighted by Gasteiger charge is -2.20. The molecule has 3 heteroatoms. The highest BCUT2D eigenvalue weighted by molar-refractivity contribution is 5.78. The highest BCUT2D eigenvalue weighted by atomic mass is 19.2. The summed E-state index contributed by atoms with van der Waals surface area (Å²) in [7, 11) is 0. The Hall–Kier alpha value is -2.03. The number of benzene rings is 2. The van der Waals surface area contributed by atoms with Gasteiger partial charge in [0.25, 0.3) is 0 Å². The summed E-state index contributed by atoms with van der Waals surface area (Å²) in [6.45, 7) is 6.16. The molecule has 0 radical (unpaired) electrons. The van der Waals surface area contributed by atoms with Gasteiger partial charge in [-0.05, 0) is 50.1 Å². The Morgan fingerprint density at radius 1 is 1.05 bits per heavy atom. The van der Waals surface area contributed by atoms with Crippen LogP contribution >= 0.6 is 0 Å². The van der Waals surface area contributed by atoms with E-state index in [-0.39, 0.29) is 0 Å². The Bertz CT molecular complexity index is 552. The lowest BCUT2D eigenvalue weighted by atomic mass is 10.1. The zero-order valence-electron chi connectivity index (χ0n) is 11.6. The van der Waals surface area contributed by atoms with Crippen molar-refractivity contribution >= 4 is 17.1 Å². The van der Waals surface area contributed by atoms with Gasteiger partial charge in [-0.15, -0.1) is 0 Å². The highest BCUT2D eigenvalue weighted by Crippen LogP contribution is 2.34. The minimum atomic E-state index is 0.325. The van der Waals surface area contributed by atoms with E-state index in [1.807, 2.05) is 56.3 Å². The van der Waals surface area contributed by atoms with Crippen LogP contribution in [0.15, 0.2) is 42.5 Å². The number of hydrogen-bond donors (Lipinski definition) is 1. The summed E-state index contributed by atoms with van der Waals surface area (Å²) >= 11 is 0. The molecule has 2 rings (SSSR count). The second-order valence-electron chi connectivity index (χ2n) is 4.57. The fourth-order valence-corrected chi connectivity index (χ4v) is 2.00. The maximum atomic E-state index is 13.9. The summed E-state index contributed by atoms with van der Waals surface area (Å²) < 4.78 is 13.9. The van der Waals surface area contributed by atoms with Gasteiger partial charge in [0.1, 0.15) is 0 Å². The van der Waals surface area contributed by atoms with E-state index >= 15 is 0 Å². The molecule has 1 N–H and O–H groups in total. The first-order valence-electron chi connectivity index (χ1n) is 6.49. The monoisotopic (exact) mass is 258 g/mol. The normalized spacial score (nSPS) is 10.3. The summed E-state index contributed by atoms with van der Waals surface area (Å²) in [5.74, 6) is 0. The Labute approximate surface area is 113 Å². The van der Waals surface area contributed by atoms with E-state index in [2.05, 4.69) is 5.32 Å². The Balaban J connectivity index is 2.44. The standard InChI is InChI=1S/C16H19FN2/c1-4-19(17)15-11-10-12(2)13(3)16(15)18-14-8-6-5-7-9-14/h5-11,18H,4H2,1-3H3. The van der Waals surface area contributed by atoms with Crippen LogP contribution in [-0.4, -0.2) is 6.54 Å². The van der Waals surface area contributed by atoms with E-state index in [1.54, 1.807) is 6.92 Å². The van der Waals surface area contributed by atoms with E-state index < -0.39 is 0 Å². The van der Waals surface area contributed by atoms with Crippen molar-refractivity contribution < 1.29 is 4.48 Å². The molecular weight excluding hydrogens is 239 g/mol. The third-order valence-corrected chi connectivity index (χ3v) is 3.30. The molecule has 0 atom stereocenters. The molecule has 0 amide bonds. The molecule has 0 aliphatic carbocycles. The van der Waals surface area contributed by atoms with E-state index in [9.17, 15) is 4.48 Å². The molecule has 2 aromatic carbocycles. The summed E-state index contributed by atoms with van der Waals surface area (Å²) in [5, 5.41) is 4.08. The molecule has 0 saturated heterocycles. The number of anilines is 3. The third-order valence-electron chi connectivity index (χ3n) is 3.30. The molecule has 0 aliphatic heterocycles. The van der Waals surface area contributed by atoms with Gasteiger partial charge < -0.3 is 5.32 Å². The predicted octanol–water partition coefficient (Wildman–Crippen LogP) is 4.76. The SMILES string of the molecule is CCN(F)c1ccc(C)c(C)c1Nc1ccccc1. The van der Waals surface area contributed by atoms with E-state index in [4.69, 9.17) is 0 Å². The maximum Gasteiger partial charge on any atom is 0.0925 e. The van der Waals surface area contributed by atoms with Crippen molar-refractivity contribution in [2.45, 2.75) is 20.8 Å². The van der Waals surface area contributed by atoms with Crippen LogP contribution in [0.4, 0.5) is 21.5 Å². The molecule has 2 nitrogen and oxygen atoms in total. The quantitative estimate of drug-likeness (QED) is 0.795. The highest BCUT2D eigenvalue weighted by Gasteiger charge is 2.13. The first-order valence-corrected chi connectivity index (χ1v) is 6.49. The average Bonchev–Trinajstić information content (AvgIpc) is 2.44. The van der Waals surface area contributed by atoms with Gasteiger partial charge in [0.05, 0.1) is 11.4 Å². The Kier molecular flexibility index (Phi) is 4.05. The smallest absolute Gasteiger partial charge is 0.0925 e. The molecular formula is C16H19FN2. The summed E-state index contributed by atoms with van der Waals surface area (Å²) in [6, 6.07) is 13.6. The van der Waals surface area contributed by atoms with Crippen molar-refractivity contribution in [3.05, 3.63) is 53.6 Å². The van der Waals surface area contributed by atoms with Crippen LogP contribution in [0.3, 0.4) is 0 Å². The molecule has 0 aromatic heterocycles. The van der Waals surface area contributed by atoms with Crippen LogP contribution in [0.1, 0.15) is 18.1 Å². The van der Waals surface area contributed by atoms with E-state index in [0.29, 0.717) is 12.2 Å². The van der Waals surface area contributed by atoms with Gasteiger partial charge >= 0.3 is 0 Å². The summed E-state index contributed by atoms with van der Waals surface area (Å²) in [4.78, 5) is 0. The van der Waals surface area contributed by atoms with Gasteiger partial charge in [-0.25, -0.2) is 5.12 Å². The van der Waals surface area contributed by atoms with Crippen molar-refractivity contribution in [1.82, 2.24) is 0 Å². The van der Waals surface area contributed by atoms with Gasteiger partial charge in [0.2, 0.25) is 0 Å². The topological polar surface area (TPSA) is 15.3 Å². The number of nitrogens with zero attached hydrogens (tertiary/aromatic N) is 1. The fourth-order valence-electron chi connectivity index (χ4n) is 2.00. The van der Waals surface area contributed by atoms with Gasteiger partial charge in [-0.3, -0.25) is 0 Å². The molecule has 0 saturated carbocycles. The van der Waals surface area contributed by atoms with Crippen LogP contribution in [0.5, 0.6) is 0 Å². The van der Waals surface area contributed by atoms with E-state index in [1.165, 1.54) is 0 Å². The van der Waals surface area contributed by atoms with Crippen LogP contribution < -0.4 is 10.4 Å². The van der Waals surface area contributed by atoms with Crippen molar-refractivity contribution in [2.24, 2.45) is 0 Å². The molecule has 0 spiro atoms. The molecule has 0 fully saturated rings. The van der Waals surface area contributed by atoms with Crippen LogP contribution in [0.25, 0.3) is 0 Å². The number of aryl methyl sites for hydroxylation is 1. The predicted molar refractivity (Wildman–Crippen MR) is 79.8 cm³/mol. The summed E-state index contributed by atoms with van der Waals surface area (Å²) in [6.07, 6.45) is 0. The third kappa shape index (κ3) is 2.87. The number of halogens is 1. The van der Waals surface area contributed by atoms with Gasteiger partial charge in [-0.2, -0.15) is 0 Å². The number of nitrogens with one attached hydrogen (secondary N) is 1. The zero-order chi connectivity index (χ0) is 13.8. The molecule has 2 aromatic rings. The number of para-hydroxylation sites is 1. The minimum absolute atomic E-state index is 0.325. The molecule has 0 aliphatic rings. The fraction of sp³-hybridized carbons (Fsp3) is 0.250. The van der Waals surface area contributed by atoms with Crippen molar-refractivity contribution in [3.63, 3.8) is 0 Å². The second-order valence-corrected chi connectivity index (χ2v) is 4.57. The van der Waals surface area contributed by atoms with Crippen molar-refractivity contribution in [3.8, 4) is 0 Å². The van der Waals surface area contributed by atoms with Crippen molar-refractivity contribution in [1.29, 1.82) is 0 Å². The molecule has 100 valence electrons. The number of hydrogen-bond acceptors (Lipinski definition) is 2. The van der Waals surface area contributed by atoms with Crippen molar-refractivity contribution in [2.75, 3.05) is 17.0 Å². The summed E-state index contributed by atoms with van der Waals surface area (Å²) in [5.41, 5.74) is 4.58. The first-order chi connectivity index (χ1) is 9.13. The lowest BCUT2D eigenvalue weighted by molar-refractivity contribution is 0.445. The zero-order valence-corrected chi connectivity index (χ0v) is 11.6. The van der Waals surface area contributed by atoms with Gasteiger partial charge in [0.15, 0.2) is 0 Å². The molecule has 0 bridgehead atoms. The maximum absolute atomic E-state index is 13.9. The van der Waals surface area contributed by atoms with E-state index in [0.717, 1.165) is 27.6 Å².